The molecule has 1 aromatic rings. The summed E-state index contributed by atoms with van der Waals surface area (Å²) < 4.78 is 5.70. The average Bonchev–Trinajstić information content (AvgIpc) is 2.46. The standard InChI is InChI=1S/C15H25N3O/c1-3-11-19-15-12-13(5-6-14(15)16)18-9-7-17(4-2)8-10-18/h5-6,12H,3-4,7-11,16H2,1-2H3. The van der Waals surface area contributed by atoms with Gasteiger partial charge in [-0.2, -0.15) is 0 Å². The number of nitrogens with zero attached hydrogens (tertiary/aromatic N) is 2. The summed E-state index contributed by atoms with van der Waals surface area (Å²) in [6.45, 7) is 10.6. The van der Waals surface area contributed by atoms with E-state index < -0.39 is 0 Å². The van der Waals surface area contributed by atoms with E-state index in [1.54, 1.807) is 0 Å². The summed E-state index contributed by atoms with van der Waals surface area (Å²) in [5.41, 5.74) is 7.90. The van der Waals surface area contributed by atoms with Gasteiger partial charge in [0.25, 0.3) is 0 Å². The van der Waals surface area contributed by atoms with Gasteiger partial charge in [-0.1, -0.05) is 13.8 Å². The average molecular weight is 263 g/mol. The maximum absolute atomic E-state index is 5.95. The molecule has 0 spiro atoms. The highest BCUT2D eigenvalue weighted by Crippen LogP contribution is 2.28. The normalized spacial score (nSPS) is 16.6. The maximum atomic E-state index is 5.95. The van der Waals surface area contributed by atoms with Crippen LogP contribution in [-0.2, 0) is 0 Å². The van der Waals surface area contributed by atoms with E-state index in [4.69, 9.17) is 10.5 Å². The number of ether oxygens (including phenoxy) is 1. The molecule has 19 heavy (non-hydrogen) atoms. The second-order valence-electron chi connectivity index (χ2n) is 4.99. The highest BCUT2D eigenvalue weighted by atomic mass is 16.5. The van der Waals surface area contributed by atoms with Crippen LogP contribution in [0.2, 0.25) is 0 Å². The molecule has 2 rings (SSSR count). The molecular formula is C15H25N3O. The molecule has 1 saturated heterocycles. The van der Waals surface area contributed by atoms with Crippen LogP contribution in [0.15, 0.2) is 18.2 Å². The number of piperazine rings is 1. The molecule has 0 atom stereocenters. The molecular weight excluding hydrogens is 238 g/mol. The van der Waals surface area contributed by atoms with Crippen molar-refractivity contribution in [3.8, 4) is 5.75 Å². The van der Waals surface area contributed by atoms with Crippen molar-refractivity contribution in [2.45, 2.75) is 20.3 Å². The number of hydrogen-bond donors (Lipinski definition) is 1. The number of hydrogen-bond acceptors (Lipinski definition) is 4. The van der Waals surface area contributed by atoms with Crippen molar-refractivity contribution in [1.82, 2.24) is 4.90 Å². The zero-order valence-electron chi connectivity index (χ0n) is 12.1. The molecule has 2 N–H and O–H groups in total. The first kappa shape index (κ1) is 14.0. The van der Waals surface area contributed by atoms with Gasteiger partial charge in [0, 0.05) is 37.9 Å². The molecule has 1 aliphatic heterocycles. The van der Waals surface area contributed by atoms with Crippen LogP contribution in [0.5, 0.6) is 5.75 Å². The molecule has 1 aromatic carbocycles. The molecule has 106 valence electrons. The molecule has 0 aromatic heterocycles. The lowest BCUT2D eigenvalue weighted by atomic mass is 10.2. The lowest BCUT2D eigenvalue weighted by Gasteiger charge is -2.35. The zero-order valence-corrected chi connectivity index (χ0v) is 12.1. The third-order valence-electron chi connectivity index (χ3n) is 3.64. The molecule has 0 unspecified atom stereocenters. The summed E-state index contributed by atoms with van der Waals surface area (Å²) in [7, 11) is 0. The van der Waals surface area contributed by atoms with E-state index in [2.05, 4.69) is 35.8 Å². The third-order valence-corrected chi connectivity index (χ3v) is 3.64. The van der Waals surface area contributed by atoms with Crippen molar-refractivity contribution < 1.29 is 4.74 Å². The SMILES string of the molecule is CCCOc1cc(N2CCN(CC)CC2)ccc1N. The molecule has 0 aliphatic carbocycles. The van der Waals surface area contributed by atoms with Gasteiger partial charge in [-0.15, -0.1) is 0 Å². The summed E-state index contributed by atoms with van der Waals surface area (Å²) in [5.74, 6) is 0.817. The lowest BCUT2D eigenvalue weighted by Crippen LogP contribution is -2.46. The minimum Gasteiger partial charge on any atom is -0.491 e. The Bertz CT molecular complexity index is 400. The molecule has 1 heterocycles. The minimum atomic E-state index is 0.720. The Morgan fingerprint density at radius 1 is 1.16 bits per heavy atom. The fourth-order valence-electron chi connectivity index (χ4n) is 2.38. The first-order valence-electron chi connectivity index (χ1n) is 7.24. The number of rotatable bonds is 5. The van der Waals surface area contributed by atoms with Crippen molar-refractivity contribution in [2.24, 2.45) is 0 Å². The van der Waals surface area contributed by atoms with Crippen molar-refractivity contribution in [3.63, 3.8) is 0 Å². The minimum absolute atomic E-state index is 0.720. The van der Waals surface area contributed by atoms with E-state index in [1.807, 2.05) is 6.07 Å². The van der Waals surface area contributed by atoms with E-state index >= 15 is 0 Å². The molecule has 0 bridgehead atoms. The number of likely N-dealkylation sites (N-methyl/N-ethyl adjacent to an activating group) is 1. The summed E-state index contributed by atoms with van der Waals surface area (Å²) in [6, 6.07) is 6.12. The number of benzene rings is 1. The fourth-order valence-corrected chi connectivity index (χ4v) is 2.38. The van der Waals surface area contributed by atoms with Gasteiger partial charge in [0.15, 0.2) is 0 Å². The van der Waals surface area contributed by atoms with Gasteiger partial charge < -0.3 is 20.3 Å². The molecule has 4 nitrogen and oxygen atoms in total. The number of nitrogen functional groups attached to an aromatic ring is 1. The molecule has 1 fully saturated rings. The Morgan fingerprint density at radius 3 is 2.53 bits per heavy atom. The first-order valence-corrected chi connectivity index (χ1v) is 7.24. The molecule has 1 aliphatic rings. The van der Waals surface area contributed by atoms with Crippen LogP contribution in [0.1, 0.15) is 20.3 Å². The largest absolute Gasteiger partial charge is 0.491 e. The second-order valence-corrected chi connectivity index (χ2v) is 4.99. The summed E-state index contributed by atoms with van der Waals surface area (Å²) in [6.07, 6.45) is 0.999. The Balaban J connectivity index is 2.04. The first-order chi connectivity index (χ1) is 9.24. The number of anilines is 2. The molecule has 0 amide bonds. The van der Waals surface area contributed by atoms with Crippen LogP contribution in [0, 0.1) is 0 Å². The summed E-state index contributed by atoms with van der Waals surface area (Å²) >= 11 is 0. The van der Waals surface area contributed by atoms with Crippen LogP contribution in [-0.4, -0.2) is 44.2 Å². The van der Waals surface area contributed by atoms with Gasteiger partial charge in [0.1, 0.15) is 5.75 Å². The monoisotopic (exact) mass is 263 g/mol. The molecule has 0 saturated carbocycles. The van der Waals surface area contributed by atoms with Gasteiger partial charge >= 0.3 is 0 Å². The Hall–Kier alpha value is -1.42. The van der Waals surface area contributed by atoms with E-state index in [-0.39, 0.29) is 0 Å². The van der Waals surface area contributed by atoms with Crippen molar-refractivity contribution >= 4 is 11.4 Å². The van der Waals surface area contributed by atoms with E-state index in [0.717, 1.165) is 57.2 Å². The van der Waals surface area contributed by atoms with Gasteiger partial charge in [0.2, 0.25) is 0 Å². The van der Waals surface area contributed by atoms with Crippen LogP contribution < -0.4 is 15.4 Å². The second kappa shape index (κ2) is 6.66. The fraction of sp³-hybridized carbons (Fsp3) is 0.600. The summed E-state index contributed by atoms with van der Waals surface area (Å²) in [5, 5.41) is 0. The number of nitrogens with two attached hydrogens (primary N) is 1. The Kier molecular flexibility index (Phi) is 4.91. The highest BCUT2D eigenvalue weighted by molar-refractivity contribution is 5.62. The van der Waals surface area contributed by atoms with E-state index in [9.17, 15) is 0 Å². The van der Waals surface area contributed by atoms with Gasteiger partial charge in [-0.3, -0.25) is 0 Å². The highest BCUT2D eigenvalue weighted by Gasteiger charge is 2.16. The van der Waals surface area contributed by atoms with Crippen LogP contribution in [0.4, 0.5) is 11.4 Å². The predicted octanol–water partition coefficient (Wildman–Crippen LogP) is 2.20. The van der Waals surface area contributed by atoms with Crippen molar-refractivity contribution in [2.75, 3.05) is 50.0 Å². The van der Waals surface area contributed by atoms with Crippen LogP contribution in [0.25, 0.3) is 0 Å². The molecule has 0 radical (unpaired) electrons. The van der Waals surface area contributed by atoms with Crippen LogP contribution >= 0.6 is 0 Å². The summed E-state index contributed by atoms with van der Waals surface area (Å²) in [4.78, 5) is 4.88. The Morgan fingerprint density at radius 2 is 1.89 bits per heavy atom. The van der Waals surface area contributed by atoms with Crippen LogP contribution in [0.3, 0.4) is 0 Å². The maximum Gasteiger partial charge on any atom is 0.144 e. The third kappa shape index (κ3) is 3.53. The Labute approximate surface area is 116 Å². The topological polar surface area (TPSA) is 41.7 Å². The lowest BCUT2D eigenvalue weighted by molar-refractivity contribution is 0.271. The van der Waals surface area contributed by atoms with Gasteiger partial charge in [0.05, 0.1) is 12.3 Å². The van der Waals surface area contributed by atoms with Crippen molar-refractivity contribution in [3.05, 3.63) is 18.2 Å². The van der Waals surface area contributed by atoms with Crippen molar-refractivity contribution in [1.29, 1.82) is 0 Å². The quantitative estimate of drug-likeness (QED) is 0.827. The van der Waals surface area contributed by atoms with Gasteiger partial charge in [-0.05, 0) is 25.1 Å². The van der Waals surface area contributed by atoms with Gasteiger partial charge in [-0.25, -0.2) is 0 Å². The van der Waals surface area contributed by atoms with E-state index in [1.165, 1.54) is 5.69 Å². The zero-order chi connectivity index (χ0) is 13.7. The predicted molar refractivity (Wildman–Crippen MR) is 81.0 cm³/mol. The van der Waals surface area contributed by atoms with E-state index in [0.29, 0.717) is 0 Å². The smallest absolute Gasteiger partial charge is 0.144 e. The molecule has 4 heteroatoms.